The summed E-state index contributed by atoms with van der Waals surface area (Å²) < 4.78 is 33.3. The number of carbonyl (C=O) groups excluding carboxylic acids is 1. The highest BCUT2D eigenvalue weighted by Gasteiger charge is 2.20. The van der Waals surface area contributed by atoms with E-state index in [0.717, 1.165) is 0 Å². The molecule has 0 heterocycles. The quantitative estimate of drug-likeness (QED) is 0.761. The van der Waals surface area contributed by atoms with Gasteiger partial charge in [-0.15, -0.1) is 0 Å². The highest BCUT2D eigenvalue weighted by Crippen LogP contribution is 2.35. The average molecular weight is 351 g/mol. The highest BCUT2D eigenvalue weighted by molar-refractivity contribution is 7.89. The predicted molar refractivity (Wildman–Crippen MR) is 90.0 cm³/mol. The van der Waals surface area contributed by atoms with Crippen LogP contribution in [0.15, 0.2) is 47.4 Å². The van der Waals surface area contributed by atoms with Gasteiger partial charge >= 0.3 is 6.03 Å². The lowest BCUT2D eigenvalue weighted by Gasteiger charge is -2.15. The SMILES string of the molecule is COc1cc(S(N)(=O)=O)c(OC)cc1NC(=O)Nc1ccccc1. The third-order valence-corrected chi connectivity index (χ3v) is 4.00. The first-order valence-corrected chi connectivity index (χ1v) is 8.31. The molecule has 2 amide bonds. The second-order valence-electron chi connectivity index (χ2n) is 4.69. The molecule has 24 heavy (non-hydrogen) atoms. The van der Waals surface area contributed by atoms with Crippen molar-refractivity contribution in [3.05, 3.63) is 42.5 Å². The number of para-hydroxylation sites is 1. The summed E-state index contributed by atoms with van der Waals surface area (Å²) in [5, 5.41) is 10.4. The van der Waals surface area contributed by atoms with E-state index in [9.17, 15) is 13.2 Å². The van der Waals surface area contributed by atoms with Crippen molar-refractivity contribution in [2.75, 3.05) is 24.9 Å². The monoisotopic (exact) mass is 351 g/mol. The molecule has 0 bridgehead atoms. The number of ether oxygens (including phenoxy) is 2. The number of nitrogens with one attached hydrogen (secondary N) is 2. The van der Waals surface area contributed by atoms with Crippen molar-refractivity contribution in [1.29, 1.82) is 0 Å². The van der Waals surface area contributed by atoms with Crippen molar-refractivity contribution in [2.24, 2.45) is 5.14 Å². The molecule has 9 heteroatoms. The Balaban J connectivity index is 2.31. The van der Waals surface area contributed by atoms with E-state index < -0.39 is 16.1 Å². The molecule has 0 aliphatic carbocycles. The number of sulfonamides is 1. The van der Waals surface area contributed by atoms with Gasteiger partial charge in [0.05, 0.1) is 19.9 Å². The number of urea groups is 1. The largest absolute Gasteiger partial charge is 0.495 e. The normalized spacial score (nSPS) is 10.8. The van der Waals surface area contributed by atoms with Crippen molar-refractivity contribution in [3.8, 4) is 11.5 Å². The van der Waals surface area contributed by atoms with E-state index in [4.69, 9.17) is 14.6 Å². The molecule has 128 valence electrons. The predicted octanol–water partition coefficient (Wildman–Crippen LogP) is 2.00. The van der Waals surface area contributed by atoms with Crippen LogP contribution in [0.5, 0.6) is 11.5 Å². The lowest BCUT2D eigenvalue weighted by atomic mass is 10.2. The Bertz CT molecular complexity index is 838. The maximum Gasteiger partial charge on any atom is 0.323 e. The van der Waals surface area contributed by atoms with Gasteiger partial charge in [0.25, 0.3) is 0 Å². The van der Waals surface area contributed by atoms with Gasteiger partial charge in [0.15, 0.2) is 0 Å². The molecule has 2 aromatic carbocycles. The van der Waals surface area contributed by atoms with Crippen molar-refractivity contribution in [2.45, 2.75) is 4.90 Å². The first kappa shape index (κ1) is 17.6. The summed E-state index contributed by atoms with van der Waals surface area (Å²) in [6.45, 7) is 0. The van der Waals surface area contributed by atoms with Gasteiger partial charge in [-0.2, -0.15) is 0 Å². The maximum absolute atomic E-state index is 12.1. The zero-order valence-electron chi connectivity index (χ0n) is 13.1. The molecule has 8 nitrogen and oxygen atoms in total. The Morgan fingerprint density at radius 1 is 1.00 bits per heavy atom. The van der Waals surface area contributed by atoms with Crippen LogP contribution in [0.4, 0.5) is 16.2 Å². The smallest absolute Gasteiger partial charge is 0.323 e. The minimum Gasteiger partial charge on any atom is -0.495 e. The Kier molecular flexibility index (Phi) is 5.27. The average Bonchev–Trinajstić information content (AvgIpc) is 2.54. The number of hydrogen-bond acceptors (Lipinski definition) is 5. The van der Waals surface area contributed by atoms with Crippen LogP contribution in [0.1, 0.15) is 0 Å². The summed E-state index contributed by atoms with van der Waals surface area (Å²) in [5.74, 6) is 0.122. The molecule has 4 N–H and O–H groups in total. The molecule has 0 fully saturated rings. The molecule has 0 aliphatic rings. The minimum atomic E-state index is -4.01. The number of carbonyl (C=O) groups is 1. The molecule has 0 atom stereocenters. The van der Waals surface area contributed by atoms with Crippen molar-refractivity contribution in [3.63, 3.8) is 0 Å². The standard InChI is InChI=1S/C15H17N3O5S/c1-22-12-9-14(24(16,20)21)13(23-2)8-11(12)18-15(19)17-10-6-4-3-5-7-10/h3-9H,1-2H3,(H2,16,20,21)(H2,17,18,19). The Hall–Kier alpha value is -2.78. The summed E-state index contributed by atoms with van der Waals surface area (Å²) in [4.78, 5) is 11.8. The molecular formula is C15H17N3O5S. The van der Waals surface area contributed by atoms with Crippen molar-refractivity contribution in [1.82, 2.24) is 0 Å². The highest BCUT2D eigenvalue weighted by atomic mass is 32.2. The molecule has 0 aliphatic heterocycles. The van der Waals surface area contributed by atoms with Gasteiger partial charge < -0.3 is 20.1 Å². The van der Waals surface area contributed by atoms with Gasteiger partial charge in [0, 0.05) is 17.8 Å². The zero-order chi connectivity index (χ0) is 17.7. The molecular weight excluding hydrogens is 334 g/mol. The Labute approximate surface area is 139 Å². The molecule has 0 spiro atoms. The molecule has 0 radical (unpaired) electrons. The van der Waals surface area contributed by atoms with Crippen LogP contribution in [-0.2, 0) is 10.0 Å². The number of primary sulfonamides is 1. The van der Waals surface area contributed by atoms with Crippen LogP contribution >= 0.6 is 0 Å². The molecule has 2 rings (SSSR count). The molecule has 2 aromatic rings. The van der Waals surface area contributed by atoms with E-state index in [1.165, 1.54) is 26.4 Å². The van der Waals surface area contributed by atoms with E-state index in [1.54, 1.807) is 24.3 Å². The third kappa shape index (κ3) is 4.15. The summed E-state index contributed by atoms with van der Waals surface area (Å²) in [6, 6.07) is 10.8. The van der Waals surface area contributed by atoms with Crippen LogP contribution < -0.4 is 25.2 Å². The van der Waals surface area contributed by atoms with Crippen LogP contribution in [0.2, 0.25) is 0 Å². The second-order valence-corrected chi connectivity index (χ2v) is 6.22. The number of methoxy groups -OCH3 is 2. The van der Waals surface area contributed by atoms with Crippen LogP contribution in [0, 0.1) is 0 Å². The summed E-state index contributed by atoms with van der Waals surface area (Å²) in [6.07, 6.45) is 0. The Morgan fingerprint density at radius 3 is 2.17 bits per heavy atom. The second kappa shape index (κ2) is 7.20. The number of nitrogens with two attached hydrogens (primary N) is 1. The lowest BCUT2D eigenvalue weighted by Crippen LogP contribution is -2.20. The van der Waals surface area contributed by atoms with Gasteiger partial charge in [0.1, 0.15) is 16.4 Å². The zero-order valence-corrected chi connectivity index (χ0v) is 13.9. The van der Waals surface area contributed by atoms with E-state index in [0.29, 0.717) is 5.69 Å². The third-order valence-electron chi connectivity index (χ3n) is 3.07. The van der Waals surface area contributed by atoms with Crippen LogP contribution in [0.3, 0.4) is 0 Å². The Morgan fingerprint density at radius 2 is 1.62 bits per heavy atom. The van der Waals surface area contributed by atoms with E-state index in [1.807, 2.05) is 6.07 Å². The van der Waals surface area contributed by atoms with Gasteiger partial charge in [-0.1, -0.05) is 18.2 Å². The first-order chi connectivity index (χ1) is 11.3. The topological polar surface area (TPSA) is 120 Å². The van der Waals surface area contributed by atoms with Gasteiger partial charge in [0.2, 0.25) is 10.0 Å². The fourth-order valence-corrected chi connectivity index (χ4v) is 2.69. The summed E-state index contributed by atoms with van der Waals surface area (Å²) >= 11 is 0. The van der Waals surface area contributed by atoms with Gasteiger partial charge in [-0.3, -0.25) is 0 Å². The lowest BCUT2D eigenvalue weighted by molar-refractivity contribution is 0.262. The maximum atomic E-state index is 12.1. The number of rotatable bonds is 5. The number of hydrogen-bond donors (Lipinski definition) is 3. The summed E-state index contributed by atoms with van der Waals surface area (Å²) in [7, 11) is -1.37. The van der Waals surface area contributed by atoms with Crippen LogP contribution in [0.25, 0.3) is 0 Å². The summed E-state index contributed by atoms with van der Waals surface area (Å²) in [5.41, 5.74) is 0.831. The minimum absolute atomic E-state index is 0.00619. The van der Waals surface area contributed by atoms with Gasteiger partial charge in [-0.05, 0) is 12.1 Å². The van der Waals surface area contributed by atoms with E-state index >= 15 is 0 Å². The van der Waals surface area contributed by atoms with Crippen molar-refractivity contribution < 1.29 is 22.7 Å². The molecule has 0 aromatic heterocycles. The number of amides is 2. The fourth-order valence-electron chi connectivity index (χ4n) is 2.00. The van der Waals surface area contributed by atoms with E-state index in [-0.39, 0.29) is 22.1 Å². The van der Waals surface area contributed by atoms with E-state index in [2.05, 4.69) is 10.6 Å². The molecule has 0 saturated carbocycles. The van der Waals surface area contributed by atoms with Crippen molar-refractivity contribution >= 4 is 27.4 Å². The number of anilines is 2. The van der Waals surface area contributed by atoms with Crippen LogP contribution in [-0.4, -0.2) is 28.7 Å². The fraction of sp³-hybridized carbons (Fsp3) is 0.133. The number of benzene rings is 2. The first-order valence-electron chi connectivity index (χ1n) is 6.77. The van der Waals surface area contributed by atoms with Gasteiger partial charge in [-0.25, -0.2) is 18.4 Å². The molecule has 0 saturated heterocycles. The molecule has 0 unspecified atom stereocenters.